The van der Waals surface area contributed by atoms with Gasteiger partial charge in [-0.15, -0.1) is 0 Å². The number of rotatable bonds is 2. The normalized spacial score (nSPS) is 17.0. The van der Waals surface area contributed by atoms with Crippen LogP contribution >= 0.6 is 0 Å². The van der Waals surface area contributed by atoms with E-state index in [4.69, 9.17) is 0 Å². The van der Waals surface area contributed by atoms with E-state index in [2.05, 4.69) is 0 Å². The van der Waals surface area contributed by atoms with Crippen molar-refractivity contribution < 1.29 is 9.90 Å². The Bertz CT molecular complexity index is 474. The van der Waals surface area contributed by atoms with Crippen molar-refractivity contribution in [1.29, 1.82) is 0 Å². The topological polar surface area (TPSA) is 59.3 Å². The highest BCUT2D eigenvalue weighted by Gasteiger charge is 2.20. The van der Waals surface area contributed by atoms with Crippen LogP contribution in [0.2, 0.25) is 0 Å². The quantitative estimate of drug-likeness (QED) is 0.801. The third-order valence-corrected chi connectivity index (χ3v) is 2.86. The summed E-state index contributed by atoms with van der Waals surface area (Å²) in [6.45, 7) is 1.89. The van der Waals surface area contributed by atoms with E-state index in [-0.39, 0.29) is 17.9 Å². The third-order valence-electron chi connectivity index (χ3n) is 2.86. The summed E-state index contributed by atoms with van der Waals surface area (Å²) in [4.78, 5) is 23.3. The molecule has 1 aromatic heterocycles. The van der Waals surface area contributed by atoms with Gasteiger partial charge in [-0.05, 0) is 25.8 Å². The van der Waals surface area contributed by atoms with Crippen LogP contribution in [0.15, 0.2) is 16.9 Å². The van der Waals surface area contributed by atoms with E-state index in [9.17, 15) is 14.7 Å². The second-order valence-electron chi connectivity index (χ2n) is 4.27. The zero-order valence-electron chi connectivity index (χ0n) is 9.27. The molecule has 86 valence electrons. The Kier molecular flexibility index (Phi) is 2.92. The molecule has 16 heavy (non-hydrogen) atoms. The maximum atomic E-state index is 11.7. The van der Waals surface area contributed by atoms with Crippen LogP contribution in [0.1, 0.15) is 35.8 Å². The van der Waals surface area contributed by atoms with Crippen LogP contribution in [0, 0.1) is 0 Å². The molecule has 0 spiro atoms. The Morgan fingerprint density at radius 1 is 1.38 bits per heavy atom. The number of aliphatic hydroxyl groups is 1. The van der Waals surface area contributed by atoms with Crippen molar-refractivity contribution in [2.24, 2.45) is 0 Å². The van der Waals surface area contributed by atoms with Crippen LogP contribution in [0.5, 0.6) is 0 Å². The Balaban J connectivity index is 2.54. The first-order valence-electron chi connectivity index (χ1n) is 5.53. The summed E-state index contributed by atoms with van der Waals surface area (Å²) in [7, 11) is 0. The summed E-state index contributed by atoms with van der Waals surface area (Å²) in [6.07, 6.45) is 1.50. The molecule has 0 radical (unpaired) electrons. The lowest BCUT2D eigenvalue weighted by molar-refractivity contribution is 0.0968. The highest BCUT2D eigenvalue weighted by molar-refractivity contribution is 5.97. The van der Waals surface area contributed by atoms with Crippen LogP contribution in [-0.4, -0.2) is 21.6 Å². The number of pyridine rings is 1. The van der Waals surface area contributed by atoms with Crippen molar-refractivity contribution in [2.75, 3.05) is 0 Å². The third kappa shape index (κ3) is 1.93. The van der Waals surface area contributed by atoms with E-state index in [0.29, 0.717) is 12.0 Å². The maximum Gasteiger partial charge on any atom is 0.250 e. The van der Waals surface area contributed by atoms with Crippen molar-refractivity contribution in [3.05, 3.63) is 33.7 Å². The van der Waals surface area contributed by atoms with Gasteiger partial charge in [0.2, 0.25) is 0 Å². The lowest BCUT2D eigenvalue weighted by Crippen LogP contribution is -2.31. The number of fused-ring (bicyclic) bond motifs is 1. The smallest absolute Gasteiger partial charge is 0.250 e. The van der Waals surface area contributed by atoms with Gasteiger partial charge < -0.3 is 9.67 Å². The first-order valence-corrected chi connectivity index (χ1v) is 5.53. The Hall–Kier alpha value is -1.42. The standard InChI is InChI=1S/C12H15NO3/c1-8(14)7-13-10-3-2-4-11(15)9(10)5-6-12(13)16/h5-6,8,14H,2-4,7H2,1H3. The number of aromatic nitrogens is 1. The number of ketones is 1. The summed E-state index contributed by atoms with van der Waals surface area (Å²) >= 11 is 0. The molecule has 0 saturated carbocycles. The number of hydrogen-bond acceptors (Lipinski definition) is 3. The van der Waals surface area contributed by atoms with Gasteiger partial charge in [-0.2, -0.15) is 0 Å². The molecule has 4 heteroatoms. The van der Waals surface area contributed by atoms with E-state index in [0.717, 1.165) is 18.5 Å². The Morgan fingerprint density at radius 2 is 2.12 bits per heavy atom. The molecule has 1 aromatic rings. The first-order chi connectivity index (χ1) is 7.59. The van der Waals surface area contributed by atoms with Gasteiger partial charge in [-0.25, -0.2) is 0 Å². The minimum Gasteiger partial charge on any atom is -0.392 e. The van der Waals surface area contributed by atoms with Crippen molar-refractivity contribution in [3.8, 4) is 0 Å². The molecule has 4 nitrogen and oxygen atoms in total. The largest absolute Gasteiger partial charge is 0.392 e. The molecule has 1 unspecified atom stereocenters. The van der Waals surface area contributed by atoms with Gasteiger partial charge >= 0.3 is 0 Å². The van der Waals surface area contributed by atoms with E-state index < -0.39 is 6.10 Å². The fourth-order valence-electron chi connectivity index (χ4n) is 2.16. The number of carbonyl (C=O) groups is 1. The van der Waals surface area contributed by atoms with Gasteiger partial charge in [0.25, 0.3) is 5.56 Å². The molecule has 1 atom stereocenters. The molecule has 1 aliphatic carbocycles. The number of carbonyl (C=O) groups excluding carboxylic acids is 1. The molecule has 0 bridgehead atoms. The van der Waals surface area contributed by atoms with Crippen LogP contribution in [0.25, 0.3) is 0 Å². The Morgan fingerprint density at radius 3 is 2.81 bits per heavy atom. The minimum atomic E-state index is -0.582. The summed E-state index contributed by atoms with van der Waals surface area (Å²) in [5.74, 6) is 0.0978. The molecule has 0 saturated heterocycles. The SMILES string of the molecule is CC(O)Cn1c2c(ccc1=O)C(=O)CCC2. The highest BCUT2D eigenvalue weighted by atomic mass is 16.3. The maximum absolute atomic E-state index is 11.7. The minimum absolute atomic E-state index is 0.0978. The van der Waals surface area contributed by atoms with Gasteiger partial charge in [-0.3, -0.25) is 9.59 Å². The van der Waals surface area contributed by atoms with E-state index in [1.807, 2.05) is 0 Å². The van der Waals surface area contributed by atoms with Crippen LogP contribution in [0.4, 0.5) is 0 Å². The molecule has 0 aromatic carbocycles. The predicted molar refractivity (Wildman–Crippen MR) is 59.7 cm³/mol. The molecule has 0 aliphatic heterocycles. The number of aliphatic hydroxyl groups excluding tert-OH is 1. The average molecular weight is 221 g/mol. The molecule has 2 rings (SSSR count). The number of nitrogens with zero attached hydrogens (tertiary/aromatic N) is 1. The molecule has 1 aliphatic rings. The van der Waals surface area contributed by atoms with Gasteiger partial charge in [-0.1, -0.05) is 0 Å². The average Bonchev–Trinajstić information content (AvgIpc) is 2.22. The zero-order chi connectivity index (χ0) is 11.7. The van der Waals surface area contributed by atoms with Gasteiger partial charge in [0.05, 0.1) is 12.6 Å². The van der Waals surface area contributed by atoms with Gasteiger partial charge in [0, 0.05) is 23.7 Å². The predicted octanol–water partition coefficient (Wildman–Crippen LogP) is 0.748. The zero-order valence-corrected chi connectivity index (χ0v) is 9.27. The van der Waals surface area contributed by atoms with Crippen molar-refractivity contribution in [1.82, 2.24) is 4.57 Å². The molecule has 1 N–H and O–H groups in total. The van der Waals surface area contributed by atoms with Crippen LogP contribution < -0.4 is 5.56 Å². The Labute approximate surface area is 93.5 Å². The summed E-state index contributed by atoms with van der Waals surface area (Å²) in [5.41, 5.74) is 1.28. The second kappa shape index (κ2) is 4.22. The second-order valence-corrected chi connectivity index (χ2v) is 4.27. The number of Topliss-reactive ketones (excluding diaryl/α,β-unsaturated/α-hetero) is 1. The molecule has 0 amide bonds. The molecular weight excluding hydrogens is 206 g/mol. The lowest BCUT2D eigenvalue weighted by Gasteiger charge is -2.20. The monoisotopic (exact) mass is 221 g/mol. The van der Waals surface area contributed by atoms with E-state index in [1.165, 1.54) is 10.6 Å². The fourth-order valence-corrected chi connectivity index (χ4v) is 2.16. The van der Waals surface area contributed by atoms with Crippen molar-refractivity contribution in [3.63, 3.8) is 0 Å². The lowest BCUT2D eigenvalue weighted by atomic mass is 9.94. The molecule has 1 heterocycles. The number of hydrogen-bond donors (Lipinski definition) is 1. The fraction of sp³-hybridized carbons (Fsp3) is 0.500. The van der Waals surface area contributed by atoms with Gasteiger partial charge in [0.15, 0.2) is 5.78 Å². The summed E-state index contributed by atoms with van der Waals surface area (Å²) in [5, 5.41) is 9.35. The van der Waals surface area contributed by atoms with E-state index in [1.54, 1.807) is 13.0 Å². The van der Waals surface area contributed by atoms with Crippen molar-refractivity contribution in [2.45, 2.75) is 38.8 Å². The van der Waals surface area contributed by atoms with Gasteiger partial charge in [0.1, 0.15) is 0 Å². The summed E-state index contributed by atoms with van der Waals surface area (Å²) < 4.78 is 1.52. The first kappa shape index (κ1) is 11.1. The van der Waals surface area contributed by atoms with Crippen LogP contribution in [0.3, 0.4) is 0 Å². The highest BCUT2D eigenvalue weighted by Crippen LogP contribution is 2.19. The van der Waals surface area contributed by atoms with Crippen LogP contribution in [-0.2, 0) is 13.0 Å². The molecule has 0 fully saturated rings. The van der Waals surface area contributed by atoms with E-state index >= 15 is 0 Å². The molecular formula is C12H15NO3. The van der Waals surface area contributed by atoms with Crippen molar-refractivity contribution >= 4 is 5.78 Å². The summed E-state index contributed by atoms with van der Waals surface area (Å²) in [6, 6.07) is 3.02.